The van der Waals surface area contributed by atoms with Gasteiger partial charge in [-0.3, -0.25) is 4.79 Å². The molecule has 5 rings (SSSR count). The third-order valence-electron chi connectivity index (χ3n) is 7.52. The molecule has 0 fully saturated rings. The monoisotopic (exact) mass is 490 g/mol. The summed E-state index contributed by atoms with van der Waals surface area (Å²) in [6, 6.07) is 11.1. The van der Waals surface area contributed by atoms with E-state index in [0.717, 1.165) is 44.2 Å². The summed E-state index contributed by atoms with van der Waals surface area (Å²) in [6.45, 7) is 3.48. The van der Waals surface area contributed by atoms with Crippen molar-refractivity contribution in [1.29, 1.82) is 0 Å². The van der Waals surface area contributed by atoms with Crippen molar-refractivity contribution in [3.8, 4) is 0 Å². The number of H-pyrrole nitrogens is 2. The maximum Gasteiger partial charge on any atom is 0.243 e. The maximum absolute atomic E-state index is 13.2. The molecule has 4 aromatic rings. The maximum atomic E-state index is 13.2. The van der Waals surface area contributed by atoms with Gasteiger partial charge in [-0.1, -0.05) is 38.1 Å². The van der Waals surface area contributed by atoms with Gasteiger partial charge in [-0.05, 0) is 41.2 Å². The number of amides is 1. The van der Waals surface area contributed by atoms with E-state index in [1.807, 2.05) is 74.6 Å². The third-order valence-corrected chi connectivity index (χ3v) is 7.52. The van der Waals surface area contributed by atoms with E-state index in [0.29, 0.717) is 6.42 Å². The molecule has 8 heteroatoms. The van der Waals surface area contributed by atoms with E-state index in [1.165, 1.54) is 0 Å². The minimum absolute atomic E-state index is 0.0414. The lowest BCUT2D eigenvalue weighted by Gasteiger charge is -2.33. The van der Waals surface area contributed by atoms with Crippen LogP contribution < -0.4 is 10.2 Å². The van der Waals surface area contributed by atoms with Crippen LogP contribution in [0.4, 0.5) is 5.69 Å². The number of carbonyl (C=O) groups is 1. The highest BCUT2D eigenvalue weighted by Crippen LogP contribution is 2.41. The minimum atomic E-state index is -1.02. The molecule has 0 radical (unpaired) electrons. The lowest BCUT2D eigenvalue weighted by atomic mass is 9.84. The van der Waals surface area contributed by atoms with Crippen molar-refractivity contribution in [3.63, 3.8) is 0 Å². The SMILES string of the molecule is CC(C)C1C(=O)NC(CO)Cc2c[nH]c3c(C(c4c[nH]c5ccccc45)C(O)CO)ccc(c23)N1C. The molecule has 36 heavy (non-hydrogen) atoms. The van der Waals surface area contributed by atoms with Crippen molar-refractivity contribution in [2.75, 3.05) is 25.2 Å². The van der Waals surface area contributed by atoms with Gasteiger partial charge < -0.3 is 35.5 Å². The molecule has 4 unspecified atom stereocenters. The van der Waals surface area contributed by atoms with Crippen molar-refractivity contribution in [2.24, 2.45) is 5.92 Å². The number of aromatic amines is 2. The first-order valence-electron chi connectivity index (χ1n) is 12.5. The second-order valence-electron chi connectivity index (χ2n) is 10.1. The van der Waals surface area contributed by atoms with Crippen LogP contribution in [0.2, 0.25) is 0 Å². The van der Waals surface area contributed by atoms with E-state index < -0.39 is 24.1 Å². The second-order valence-corrected chi connectivity index (χ2v) is 10.1. The first kappa shape index (κ1) is 24.4. The van der Waals surface area contributed by atoms with Gasteiger partial charge >= 0.3 is 0 Å². The number of benzene rings is 2. The molecule has 0 bridgehead atoms. The molecule has 8 nitrogen and oxygen atoms in total. The highest BCUT2D eigenvalue weighted by Gasteiger charge is 2.34. The van der Waals surface area contributed by atoms with Crippen LogP contribution in [-0.4, -0.2) is 69.6 Å². The molecule has 1 aliphatic rings. The number of hydrogen-bond acceptors (Lipinski definition) is 5. The number of nitrogens with one attached hydrogen (secondary N) is 3. The molecule has 6 N–H and O–H groups in total. The average Bonchev–Trinajstić information content (AvgIpc) is 3.48. The van der Waals surface area contributed by atoms with Crippen LogP contribution in [0, 0.1) is 5.92 Å². The predicted octanol–water partition coefficient (Wildman–Crippen LogP) is 2.63. The number of para-hydroxylation sites is 1. The Kier molecular flexibility index (Phi) is 6.51. The Balaban J connectivity index is 1.74. The summed E-state index contributed by atoms with van der Waals surface area (Å²) in [6.07, 6.45) is 3.28. The van der Waals surface area contributed by atoms with Gasteiger partial charge in [0.15, 0.2) is 0 Å². The number of anilines is 1. The number of likely N-dealkylation sites (N-methyl/N-ethyl adjacent to an activating group) is 1. The normalized spacial score (nSPS) is 20.3. The number of aromatic nitrogens is 2. The Morgan fingerprint density at radius 1 is 1.06 bits per heavy atom. The Morgan fingerprint density at radius 2 is 1.83 bits per heavy atom. The van der Waals surface area contributed by atoms with Gasteiger partial charge in [0.25, 0.3) is 0 Å². The fourth-order valence-electron chi connectivity index (χ4n) is 5.86. The second kappa shape index (κ2) is 9.61. The Bertz CT molecular complexity index is 1390. The van der Waals surface area contributed by atoms with Gasteiger partial charge in [-0.2, -0.15) is 0 Å². The summed E-state index contributed by atoms with van der Waals surface area (Å²) in [5.41, 5.74) is 5.47. The Labute approximate surface area is 209 Å². The van der Waals surface area contributed by atoms with Gasteiger partial charge in [-0.15, -0.1) is 0 Å². The van der Waals surface area contributed by atoms with Crippen LogP contribution in [0.3, 0.4) is 0 Å². The van der Waals surface area contributed by atoms with Crippen LogP contribution in [0.15, 0.2) is 48.8 Å². The van der Waals surface area contributed by atoms with E-state index >= 15 is 0 Å². The first-order valence-corrected chi connectivity index (χ1v) is 12.5. The molecule has 0 saturated carbocycles. The molecule has 0 spiro atoms. The van der Waals surface area contributed by atoms with Crippen molar-refractivity contribution < 1.29 is 20.1 Å². The fourth-order valence-corrected chi connectivity index (χ4v) is 5.86. The van der Waals surface area contributed by atoms with Crippen LogP contribution in [0.25, 0.3) is 21.8 Å². The van der Waals surface area contributed by atoms with Crippen LogP contribution >= 0.6 is 0 Å². The van der Waals surface area contributed by atoms with Crippen LogP contribution in [0.5, 0.6) is 0 Å². The average molecular weight is 491 g/mol. The van der Waals surface area contributed by atoms with Crippen molar-refractivity contribution >= 4 is 33.4 Å². The number of nitrogens with zero attached hydrogens (tertiary/aromatic N) is 1. The first-order chi connectivity index (χ1) is 17.3. The Hall–Kier alpha value is -3.33. The molecule has 190 valence electrons. The molecular weight excluding hydrogens is 456 g/mol. The molecule has 4 atom stereocenters. The topological polar surface area (TPSA) is 125 Å². The summed E-state index contributed by atoms with van der Waals surface area (Å²) < 4.78 is 0. The number of aliphatic hydroxyl groups is 3. The van der Waals surface area contributed by atoms with Gasteiger partial charge in [0, 0.05) is 47.3 Å². The van der Waals surface area contributed by atoms with Crippen molar-refractivity contribution in [2.45, 2.75) is 44.4 Å². The number of rotatable bonds is 6. The zero-order valence-corrected chi connectivity index (χ0v) is 20.8. The largest absolute Gasteiger partial charge is 0.394 e. The molecule has 0 aliphatic carbocycles. The lowest BCUT2D eigenvalue weighted by Crippen LogP contribution is -2.52. The summed E-state index contributed by atoms with van der Waals surface area (Å²) in [5.74, 6) is -0.552. The number of hydrogen-bond donors (Lipinski definition) is 6. The van der Waals surface area contributed by atoms with E-state index in [4.69, 9.17) is 0 Å². The van der Waals surface area contributed by atoms with Crippen LogP contribution in [0.1, 0.15) is 36.5 Å². The number of fused-ring (bicyclic) bond motifs is 1. The van der Waals surface area contributed by atoms with E-state index in [9.17, 15) is 20.1 Å². The summed E-state index contributed by atoms with van der Waals surface area (Å²) in [4.78, 5) is 21.9. The lowest BCUT2D eigenvalue weighted by molar-refractivity contribution is -0.124. The van der Waals surface area contributed by atoms with E-state index in [-0.39, 0.29) is 25.0 Å². The zero-order chi connectivity index (χ0) is 25.6. The minimum Gasteiger partial charge on any atom is -0.394 e. The standard InChI is InChI=1S/C28H34N4O4/c1-15(2)27-28(36)31-17(13-33)10-16-11-30-26-19(8-9-22(24(16)26)32(27)3)25(23(35)14-34)20-12-29-21-7-5-4-6-18(20)21/h4-9,11-12,15,17,23,25,27,29-30,33-35H,10,13-14H2,1-3H3,(H,31,36). The van der Waals surface area contributed by atoms with Gasteiger partial charge in [0.05, 0.1) is 30.9 Å². The van der Waals surface area contributed by atoms with Crippen molar-refractivity contribution in [1.82, 2.24) is 15.3 Å². The summed E-state index contributed by atoms with van der Waals surface area (Å²) >= 11 is 0. The highest BCUT2D eigenvalue weighted by atomic mass is 16.3. The number of carbonyl (C=O) groups excluding carboxylic acids is 1. The molecule has 2 aromatic heterocycles. The molecule has 1 aliphatic heterocycles. The molecule has 0 saturated heterocycles. The molecule has 1 amide bonds. The molecule has 2 aromatic carbocycles. The summed E-state index contributed by atoms with van der Waals surface area (Å²) in [5, 5.41) is 36.1. The van der Waals surface area contributed by atoms with E-state index in [2.05, 4.69) is 15.3 Å². The third kappa shape index (κ3) is 3.95. The zero-order valence-electron chi connectivity index (χ0n) is 20.8. The highest BCUT2D eigenvalue weighted by molar-refractivity contribution is 6.00. The van der Waals surface area contributed by atoms with Crippen LogP contribution in [-0.2, 0) is 11.2 Å². The summed E-state index contributed by atoms with van der Waals surface area (Å²) in [7, 11) is 1.93. The fraction of sp³-hybridized carbons (Fsp3) is 0.393. The van der Waals surface area contributed by atoms with Crippen molar-refractivity contribution in [3.05, 3.63) is 65.5 Å². The molecular formula is C28H34N4O4. The predicted molar refractivity (Wildman–Crippen MR) is 141 cm³/mol. The number of aliphatic hydroxyl groups excluding tert-OH is 3. The molecule has 3 heterocycles. The van der Waals surface area contributed by atoms with Gasteiger partial charge in [-0.25, -0.2) is 0 Å². The smallest absolute Gasteiger partial charge is 0.243 e. The Morgan fingerprint density at radius 3 is 2.56 bits per heavy atom. The van der Waals surface area contributed by atoms with E-state index in [1.54, 1.807) is 0 Å². The quantitative estimate of drug-likeness (QED) is 0.248. The van der Waals surface area contributed by atoms with Gasteiger partial charge in [0.1, 0.15) is 6.04 Å². The van der Waals surface area contributed by atoms with Gasteiger partial charge in [0.2, 0.25) is 5.91 Å².